The molecule has 0 aromatic rings. The summed E-state index contributed by atoms with van der Waals surface area (Å²) < 4.78 is 0. The van der Waals surface area contributed by atoms with Crippen molar-refractivity contribution < 1.29 is 4.79 Å². The molecule has 56 valence electrons. The van der Waals surface area contributed by atoms with Crippen LogP contribution in [0.2, 0.25) is 0 Å². The number of rotatable bonds is 2. The van der Waals surface area contributed by atoms with Gasteiger partial charge in [-0.15, -0.1) is 0 Å². The number of hydrazone groups is 1. The minimum absolute atomic E-state index is 0.0509. The van der Waals surface area contributed by atoms with Crippen LogP contribution in [0.15, 0.2) is 5.10 Å². The second kappa shape index (κ2) is 2.82. The SMILES string of the molecule is CCCC1C=NN(C)C1=O. The summed E-state index contributed by atoms with van der Waals surface area (Å²) in [4.78, 5) is 11.1. The maximum Gasteiger partial charge on any atom is 0.250 e. The molecule has 0 saturated carbocycles. The topological polar surface area (TPSA) is 32.7 Å². The van der Waals surface area contributed by atoms with Gasteiger partial charge in [0.2, 0.25) is 0 Å². The van der Waals surface area contributed by atoms with Crippen LogP contribution in [0, 0.1) is 5.92 Å². The van der Waals surface area contributed by atoms with Crippen LogP contribution in [0.1, 0.15) is 19.8 Å². The van der Waals surface area contributed by atoms with E-state index >= 15 is 0 Å². The third-order valence-corrected chi connectivity index (χ3v) is 1.66. The number of hydrogen-bond donors (Lipinski definition) is 0. The Morgan fingerprint density at radius 2 is 2.50 bits per heavy atom. The second-order valence-corrected chi connectivity index (χ2v) is 2.52. The van der Waals surface area contributed by atoms with E-state index < -0.39 is 0 Å². The molecule has 0 aliphatic carbocycles. The van der Waals surface area contributed by atoms with E-state index in [2.05, 4.69) is 12.0 Å². The summed E-state index contributed by atoms with van der Waals surface area (Å²) in [5.74, 6) is 0.178. The molecular formula is C7H12N2O. The molecule has 0 radical (unpaired) electrons. The van der Waals surface area contributed by atoms with Gasteiger partial charge < -0.3 is 0 Å². The van der Waals surface area contributed by atoms with Crippen molar-refractivity contribution in [2.75, 3.05) is 7.05 Å². The molecule has 3 nitrogen and oxygen atoms in total. The average molecular weight is 140 g/mol. The van der Waals surface area contributed by atoms with Crippen molar-refractivity contribution in [3.63, 3.8) is 0 Å². The maximum atomic E-state index is 11.1. The van der Waals surface area contributed by atoms with Crippen LogP contribution in [-0.2, 0) is 4.79 Å². The second-order valence-electron chi connectivity index (χ2n) is 2.52. The number of carbonyl (C=O) groups is 1. The predicted molar refractivity (Wildman–Crippen MR) is 39.7 cm³/mol. The molecule has 1 atom stereocenters. The number of carbonyl (C=O) groups excluding carboxylic acids is 1. The quantitative estimate of drug-likeness (QED) is 0.560. The number of amides is 1. The fourth-order valence-corrected chi connectivity index (χ4v) is 1.05. The van der Waals surface area contributed by atoms with Crippen molar-refractivity contribution in [2.45, 2.75) is 19.8 Å². The van der Waals surface area contributed by atoms with Crippen molar-refractivity contribution in [2.24, 2.45) is 11.0 Å². The Hall–Kier alpha value is -0.860. The number of nitrogens with zero attached hydrogens (tertiary/aromatic N) is 2. The molecule has 0 bridgehead atoms. The lowest BCUT2D eigenvalue weighted by molar-refractivity contribution is -0.130. The molecule has 0 spiro atoms. The zero-order valence-electron chi connectivity index (χ0n) is 6.37. The van der Waals surface area contributed by atoms with Gasteiger partial charge in [0.05, 0.1) is 5.92 Å². The largest absolute Gasteiger partial charge is 0.272 e. The van der Waals surface area contributed by atoms with Crippen LogP contribution in [0.4, 0.5) is 0 Å². The van der Waals surface area contributed by atoms with Crippen LogP contribution < -0.4 is 0 Å². The first-order chi connectivity index (χ1) is 4.75. The summed E-state index contributed by atoms with van der Waals surface area (Å²) in [5.41, 5.74) is 0. The van der Waals surface area contributed by atoms with Gasteiger partial charge in [-0.25, -0.2) is 5.01 Å². The Morgan fingerprint density at radius 3 is 2.90 bits per heavy atom. The molecule has 1 aliphatic rings. The maximum absolute atomic E-state index is 11.1. The van der Waals surface area contributed by atoms with Gasteiger partial charge in [0.1, 0.15) is 0 Å². The van der Waals surface area contributed by atoms with E-state index in [9.17, 15) is 4.79 Å². The molecule has 0 aromatic heterocycles. The van der Waals surface area contributed by atoms with Crippen LogP contribution in [0.25, 0.3) is 0 Å². The normalized spacial score (nSPS) is 24.4. The molecule has 0 N–H and O–H groups in total. The lowest BCUT2D eigenvalue weighted by Crippen LogP contribution is -2.22. The molecular weight excluding hydrogens is 128 g/mol. The molecule has 1 amide bonds. The summed E-state index contributed by atoms with van der Waals surface area (Å²) in [6.45, 7) is 2.07. The highest BCUT2D eigenvalue weighted by atomic mass is 16.2. The van der Waals surface area contributed by atoms with E-state index in [1.54, 1.807) is 13.3 Å². The summed E-state index contributed by atoms with van der Waals surface area (Å²) in [5, 5.41) is 5.28. The molecule has 1 aliphatic heterocycles. The van der Waals surface area contributed by atoms with Crippen molar-refractivity contribution in [1.82, 2.24) is 5.01 Å². The van der Waals surface area contributed by atoms with Gasteiger partial charge in [-0.3, -0.25) is 4.79 Å². The third-order valence-electron chi connectivity index (χ3n) is 1.66. The minimum atomic E-state index is 0.0509. The van der Waals surface area contributed by atoms with E-state index in [0.29, 0.717) is 0 Å². The summed E-state index contributed by atoms with van der Waals surface area (Å²) in [7, 11) is 1.69. The highest BCUT2D eigenvalue weighted by Crippen LogP contribution is 2.12. The van der Waals surface area contributed by atoms with Gasteiger partial charge in [0.15, 0.2) is 0 Å². The summed E-state index contributed by atoms with van der Waals surface area (Å²) in [6.07, 6.45) is 3.69. The molecule has 1 heterocycles. The van der Waals surface area contributed by atoms with E-state index in [0.717, 1.165) is 12.8 Å². The molecule has 1 unspecified atom stereocenters. The fraction of sp³-hybridized carbons (Fsp3) is 0.714. The third kappa shape index (κ3) is 1.17. The van der Waals surface area contributed by atoms with Crippen LogP contribution in [-0.4, -0.2) is 24.2 Å². The van der Waals surface area contributed by atoms with E-state index in [-0.39, 0.29) is 11.8 Å². The Bertz CT molecular complexity index is 165. The standard InChI is InChI=1S/C7H12N2O/c1-3-4-6-5-8-9(2)7(6)10/h5-6H,3-4H2,1-2H3. The molecule has 0 fully saturated rings. The Balaban J connectivity index is 2.50. The van der Waals surface area contributed by atoms with Crippen molar-refractivity contribution in [1.29, 1.82) is 0 Å². The number of hydrogen-bond acceptors (Lipinski definition) is 2. The van der Waals surface area contributed by atoms with Gasteiger partial charge in [-0.1, -0.05) is 13.3 Å². The van der Waals surface area contributed by atoms with Gasteiger partial charge in [-0.2, -0.15) is 5.10 Å². The van der Waals surface area contributed by atoms with Crippen LogP contribution >= 0.6 is 0 Å². The van der Waals surface area contributed by atoms with Gasteiger partial charge in [0.25, 0.3) is 5.91 Å². The van der Waals surface area contributed by atoms with Crippen molar-refractivity contribution in [3.05, 3.63) is 0 Å². The molecule has 0 saturated heterocycles. The smallest absolute Gasteiger partial charge is 0.250 e. The van der Waals surface area contributed by atoms with Crippen molar-refractivity contribution in [3.8, 4) is 0 Å². The molecule has 1 rings (SSSR count). The Kier molecular flexibility index (Phi) is 2.04. The lowest BCUT2D eigenvalue weighted by atomic mass is 10.1. The van der Waals surface area contributed by atoms with Crippen LogP contribution in [0.5, 0.6) is 0 Å². The zero-order valence-corrected chi connectivity index (χ0v) is 6.37. The highest BCUT2D eigenvalue weighted by Gasteiger charge is 2.23. The van der Waals surface area contributed by atoms with E-state index in [1.807, 2.05) is 0 Å². The molecule has 10 heavy (non-hydrogen) atoms. The summed E-state index contributed by atoms with van der Waals surface area (Å²) >= 11 is 0. The molecule has 3 heteroatoms. The van der Waals surface area contributed by atoms with Crippen LogP contribution in [0.3, 0.4) is 0 Å². The first-order valence-electron chi connectivity index (χ1n) is 3.57. The Labute approximate surface area is 60.7 Å². The highest BCUT2D eigenvalue weighted by molar-refractivity contribution is 5.96. The Morgan fingerprint density at radius 1 is 1.80 bits per heavy atom. The predicted octanol–water partition coefficient (Wildman–Crippen LogP) is 0.861. The monoisotopic (exact) mass is 140 g/mol. The average Bonchev–Trinajstić information content (AvgIpc) is 2.20. The first-order valence-corrected chi connectivity index (χ1v) is 3.57. The van der Waals surface area contributed by atoms with Gasteiger partial charge >= 0.3 is 0 Å². The minimum Gasteiger partial charge on any atom is -0.272 e. The van der Waals surface area contributed by atoms with Gasteiger partial charge in [-0.05, 0) is 6.42 Å². The van der Waals surface area contributed by atoms with Gasteiger partial charge in [0, 0.05) is 13.3 Å². The lowest BCUT2D eigenvalue weighted by Gasteiger charge is -2.05. The zero-order chi connectivity index (χ0) is 7.56. The first kappa shape index (κ1) is 7.25. The molecule has 0 aromatic carbocycles. The summed E-state index contributed by atoms with van der Waals surface area (Å²) in [6, 6.07) is 0. The van der Waals surface area contributed by atoms with E-state index in [1.165, 1.54) is 5.01 Å². The van der Waals surface area contributed by atoms with Crippen molar-refractivity contribution >= 4 is 12.1 Å². The van der Waals surface area contributed by atoms with E-state index in [4.69, 9.17) is 0 Å². The fourth-order valence-electron chi connectivity index (χ4n) is 1.05.